The van der Waals surface area contributed by atoms with Gasteiger partial charge in [0.1, 0.15) is 11.6 Å². The number of ether oxygens (including phenoxy) is 1. The molecule has 2 aromatic carbocycles. The predicted molar refractivity (Wildman–Crippen MR) is 86.1 cm³/mol. The maximum atomic E-state index is 13.9. The topological polar surface area (TPSA) is 9.23 Å². The minimum atomic E-state index is -0.402. The molecule has 1 atom stereocenters. The Kier molecular flexibility index (Phi) is 5.49. The summed E-state index contributed by atoms with van der Waals surface area (Å²) in [6.07, 6.45) is 0.316. The van der Waals surface area contributed by atoms with E-state index in [4.69, 9.17) is 27.9 Å². The van der Waals surface area contributed by atoms with E-state index in [1.165, 1.54) is 6.07 Å². The SMILES string of the molecule is CCOc1ccc(C)cc1C(Cl)Cc1c(F)cccc1Cl. The zero-order valence-electron chi connectivity index (χ0n) is 12.0. The molecule has 2 rings (SSSR count). The summed E-state index contributed by atoms with van der Waals surface area (Å²) in [5, 5.41) is -0.00730. The van der Waals surface area contributed by atoms with Crippen LogP contribution in [0.15, 0.2) is 36.4 Å². The molecule has 4 heteroatoms. The van der Waals surface area contributed by atoms with Gasteiger partial charge in [0.25, 0.3) is 0 Å². The lowest BCUT2D eigenvalue weighted by Gasteiger charge is -2.17. The molecular weight excluding hydrogens is 310 g/mol. The van der Waals surface area contributed by atoms with Crippen molar-refractivity contribution < 1.29 is 9.13 Å². The van der Waals surface area contributed by atoms with Crippen LogP contribution in [0, 0.1) is 12.7 Å². The van der Waals surface area contributed by atoms with Gasteiger partial charge in [-0.3, -0.25) is 0 Å². The van der Waals surface area contributed by atoms with Crippen LogP contribution in [0.1, 0.15) is 29.0 Å². The third-order valence-electron chi connectivity index (χ3n) is 3.25. The smallest absolute Gasteiger partial charge is 0.127 e. The number of hydrogen-bond acceptors (Lipinski definition) is 1. The van der Waals surface area contributed by atoms with E-state index in [1.54, 1.807) is 12.1 Å². The molecule has 0 amide bonds. The molecule has 0 saturated carbocycles. The third-order valence-corrected chi connectivity index (χ3v) is 3.99. The normalized spacial score (nSPS) is 12.2. The summed E-state index contributed by atoms with van der Waals surface area (Å²) < 4.78 is 19.5. The van der Waals surface area contributed by atoms with Crippen LogP contribution in [0.4, 0.5) is 4.39 Å². The van der Waals surface area contributed by atoms with Gasteiger partial charge in [-0.25, -0.2) is 4.39 Å². The van der Waals surface area contributed by atoms with E-state index in [9.17, 15) is 4.39 Å². The second kappa shape index (κ2) is 7.15. The molecule has 0 aliphatic heterocycles. The van der Waals surface area contributed by atoms with Crippen molar-refractivity contribution in [2.24, 2.45) is 0 Å². The second-order valence-electron chi connectivity index (χ2n) is 4.85. The molecule has 21 heavy (non-hydrogen) atoms. The standard InChI is InChI=1S/C17H17Cl2FO/c1-3-21-17-8-7-11(2)9-13(17)15(19)10-12-14(18)5-4-6-16(12)20/h4-9,15H,3,10H2,1-2H3. The summed E-state index contributed by atoms with van der Waals surface area (Å²) in [7, 11) is 0. The number of rotatable bonds is 5. The van der Waals surface area contributed by atoms with E-state index in [-0.39, 0.29) is 5.82 Å². The molecule has 0 N–H and O–H groups in total. The number of alkyl halides is 1. The van der Waals surface area contributed by atoms with Crippen LogP contribution in [0.3, 0.4) is 0 Å². The lowest BCUT2D eigenvalue weighted by molar-refractivity contribution is 0.336. The highest BCUT2D eigenvalue weighted by atomic mass is 35.5. The maximum Gasteiger partial charge on any atom is 0.127 e. The minimum Gasteiger partial charge on any atom is -0.494 e. The Morgan fingerprint density at radius 3 is 2.67 bits per heavy atom. The van der Waals surface area contributed by atoms with Gasteiger partial charge in [0.05, 0.1) is 12.0 Å². The maximum absolute atomic E-state index is 13.9. The van der Waals surface area contributed by atoms with Crippen LogP contribution in [0.2, 0.25) is 5.02 Å². The minimum absolute atomic E-state index is 0.316. The van der Waals surface area contributed by atoms with Crippen LogP contribution in [0.25, 0.3) is 0 Å². The first-order valence-electron chi connectivity index (χ1n) is 6.83. The van der Waals surface area contributed by atoms with Gasteiger partial charge in [-0.15, -0.1) is 11.6 Å². The fourth-order valence-electron chi connectivity index (χ4n) is 2.22. The lowest BCUT2D eigenvalue weighted by atomic mass is 10.0. The molecule has 0 heterocycles. The van der Waals surface area contributed by atoms with Gasteiger partial charge in [0.2, 0.25) is 0 Å². The molecule has 112 valence electrons. The van der Waals surface area contributed by atoms with Crippen LogP contribution in [0.5, 0.6) is 5.75 Å². The van der Waals surface area contributed by atoms with Crippen molar-refractivity contribution in [3.05, 3.63) is 63.9 Å². The molecule has 0 aliphatic rings. The van der Waals surface area contributed by atoms with Crippen molar-refractivity contribution in [2.45, 2.75) is 25.6 Å². The lowest BCUT2D eigenvalue weighted by Crippen LogP contribution is -2.03. The molecule has 0 spiro atoms. The Morgan fingerprint density at radius 1 is 1.24 bits per heavy atom. The van der Waals surface area contributed by atoms with Crippen molar-refractivity contribution in [2.75, 3.05) is 6.61 Å². The summed E-state index contributed by atoms with van der Waals surface area (Å²) in [4.78, 5) is 0. The van der Waals surface area contributed by atoms with Crippen LogP contribution >= 0.6 is 23.2 Å². The highest BCUT2D eigenvalue weighted by molar-refractivity contribution is 6.31. The van der Waals surface area contributed by atoms with Crippen molar-refractivity contribution in [1.82, 2.24) is 0 Å². The largest absolute Gasteiger partial charge is 0.494 e. The molecule has 0 radical (unpaired) electrons. The summed E-state index contributed by atoms with van der Waals surface area (Å²) in [6.45, 7) is 4.46. The summed E-state index contributed by atoms with van der Waals surface area (Å²) in [5.41, 5.74) is 2.37. The quantitative estimate of drug-likeness (QED) is 0.639. The average molecular weight is 327 g/mol. The van der Waals surface area contributed by atoms with Crippen LogP contribution in [-0.2, 0) is 6.42 Å². The fraction of sp³-hybridized carbons (Fsp3) is 0.294. The zero-order chi connectivity index (χ0) is 15.4. The molecule has 0 saturated heterocycles. The van der Waals surface area contributed by atoms with Crippen molar-refractivity contribution in [1.29, 1.82) is 0 Å². The third kappa shape index (κ3) is 3.90. The Labute approximate surface area is 134 Å². The molecule has 0 bridgehead atoms. The fourth-order valence-corrected chi connectivity index (χ4v) is 2.78. The van der Waals surface area contributed by atoms with E-state index in [0.717, 1.165) is 16.9 Å². The molecule has 0 aromatic heterocycles. The van der Waals surface area contributed by atoms with E-state index in [1.807, 2.05) is 32.0 Å². The number of aryl methyl sites for hydroxylation is 1. The zero-order valence-corrected chi connectivity index (χ0v) is 13.5. The van der Waals surface area contributed by atoms with Crippen LogP contribution < -0.4 is 4.74 Å². The molecular formula is C17H17Cl2FO. The van der Waals surface area contributed by atoms with Gasteiger partial charge in [-0.2, -0.15) is 0 Å². The Balaban J connectivity index is 2.32. The first kappa shape index (κ1) is 16.1. The van der Waals surface area contributed by atoms with Gasteiger partial charge < -0.3 is 4.74 Å². The van der Waals surface area contributed by atoms with E-state index >= 15 is 0 Å². The number of halogens is 3. The monoisotopic (exact) mass is 326 g/mol. The average Bonchev–Trinajstić information content (AvgIpc) is 2.45. The Bertz CT molecular complexity index is 608. The van der Waals surface area contributed by atoms with Gasteiger partial charge in [-0.05, 0) is 38.5 Å². The van der Waals surface area contributed by atoms with Gasteiger partial charge >= 0.3 is 0 Å². The Morgan fingerprint density at radius 2 is 2.00 bits per heavy atom. The second-order valence-corrected chi connectivity index (χ2v) is 5.78. The molecule has 1 nitrogen and oxygen atoms in total. The number of hydrogen-bond donors (Lipinski definition) is 0. The Hall–Kier alpha value is -1.25. The molecule has 0 aliphatic carbocycles. The predicted octanol–water partition coefficient (Wildman–Crippen LogP) is 5.71. The van der Waals surface area contributed by atoms with Gasteiger partial charge in [0, 0.05) is 16.1 Å². The summed E-state index contributed by atoms with van der Waals surface area (Å²) in [5.74, 6) is 0.398. The van der Waals surface area contributed by atoms with Gasteiger partial charge in [0.15, 0.2) is 0 Å². The molecule has 2 aromatic rings. The van der Waals surface area contributed by atoms with Gasteiger partial charge in [-0.1, -0.05) is 35.4 Å². The number of benzene rings is 2. The summed E-state index contributed by atoms with van der Waals surface area (Å²) in [6, 6.07) is 10.5. The highest BCUT2D eigenvalue weighted by Gasteiger charge is 2.18. The first-order chi connectivity index (χ1) is 10.0. The van der Waals surface area contributed by atoms with Crippen molar-refractivity contribution in [3.8, 4) is 5.75 Å². The highest BCUT2D eigenvalue weighted by Crippen LogP contribution is 2.35. The van der Waals surface area contributed by atoms with Crippen LogP contribution in [-0.4, -0.2) is 6.61 Å². The molecule has 1 unspecified atom stereocenters. The summed E-state index contributed by atoms with van der Waals surface area (Å²) >= 11 is 12.6. The molecule has 0 fully saturated rings. The van der Waals surface area contributed by atoms with Crippen molar-refractivity contribution >= 4 is 23.2 Å². The van der Waals surface area contributed by atoms with E-state index in [2.05, 4.69) is 0 Å². The van der Waals surface area contributed by atoms with E-state index in [0.29, 0.717) is 23.6 Å². The van der Waals surface area contributed by atoms with E-state index < -0.39 is 5.38 Å². The first-order valence-corrected chi connectivity index (χ1v) is 7.64. The van der Waals surface area contributed by atoms with Crippen molar-refractivity contribution in [3.63, 3.8) is 0 Å².